The maximum atomic E-state index is 12.0. The zero-order valence-corrected chi connectivity index (χ0v) is 14.3. The highest BCUT2D eigenvalue weighted by Crippen LogP contribution is 2.32. The molecule has 0 amide bonds. The number of benzene rings is 2. The monoisotopic (exact) mass is 360 g/mol. The van der Waals surface area contributed by atoms with Gasteiger partial charge in [-0.05, 0) is 41.5 Å². The van der Waals surface area contributed by atoms with E-state index in [2.05, 4.69) is 0 Å². The summed E-state index contributed by atoms with van der Waals surface area (Å²) in [5.74, 6) is -0.461. The lowest BCUT2D eigenvalue weighted by Crippen LogP contribution is -2.02. The van der Waals surface area contributed by atoms with Crippen LogP contribution in [0.2, 0.25) is 5.02 Å². The normalized spacial score (nSPS) is 16.2. The molecule has 0 atom stereocenters. The molecular formula is C18H13ClO4S. The third-order valence-electron chi connectivity index (χ3n) is 3.58. The number of halogens is 1. The van der Waals surface area contributed by atoms with E-state index in [1.54, 1.807) is 36.4 Å². The number of cyclic esters (lactones) is 1. The van der Waals surface area contributed by atoms with Crippen molar-refractivity contribution < 1.29 is 17.9 Å². The zero-order valence-electron chi connectivity index (χ0n) is 12.7. The van der Waals surface area contributed by atoms with Crippen molar-refractivity contribution in [2.45, 2.75) is 4.90 Å². The maximum absolute atomic E-state index is 12.0. The third kappa shape index (κ3) is 3.27. The van der Waals surface area contributed by atoms with Crippen LogP contribution in [0.5, 0.6) is 0 Å². The Kier molecular flexibility index (Phi) is 4.30. The first-order chi connectivity index (χ1) is 11.4. The second-order valence-corrected chi connectivity index (χ2v) is 7.76. The Morgan fingerprint density at radius 1 is 1.04 bits per heavy atom. The molecular weight excluding hydrogens is 348 g/mol. The summed E-state index contributed by atoms with van der Waals surface area (Å²) in [4.78, 5) is 12.2. The molecule has 0 radical (unpaired) electrons. The highest BCUT2D eigenvalue weighted by Gasteiger charge is 2.21. The molecule has 0 fully saturated rings. The van der Waals surface area contributed by atoms with E-state index in [1.807, 2.05) is 6.07 Å². The van der Waals surface area contributed by atoms with Crippen LogP contribution in [0.15, 0.2) is 71.3 Å². The van der Waals surface area contributed by atoms with E-state index < -0.39 is 15.8 Å². The lowest BCUT2D eigenvalue weighted by Gasteiger charge is -2.11. The van der Waals surface area contributed by atoms with Gasteiger partial charge in [0.1, 0.15) is 0 Å². The first kappa shape index (κ1) is 16.5. The molecule has 0 N–H and O–H groups in total. The molecule has 24 heavy (non-hydrogen) atoms. The molecule has 0 aliphatic carbocycles. The van der Waals surface area contributed by atoms with Gasteiger partial charge in [-0.1, -0.05) is 35.9 Å². The number of hydrogen-bond donors (Lipinski definition) is 0. The minimum absolute atomic E-state index is 0.214. The SMILES string of the molecule is CS(=O)(=O)c1ccc(C(=C2C=COC2=O)c2cccc(Cl)c2)cc1. The van der Waals surface area contributed by atoms with Crippen LogP contribution < -0.4 is 0 Å². The summed E-state index contributed by atoms with van der Waals surface area (Å²) < 4.78 is 28.1. The van der Waals surface area contributed by atoms with Crippen LogP contribution >= 0.6 is 11.6 Å². The summed E-state index contributed by atoms with van der Waals surface area (Å²) in [6, 6.07) is 13.5. The van der Waals surface area contributed by atoms with Gasteiger partial charge in [0.05, 0.1) is 16.7 Å². The first-order valence-electron chi connectivity index (χ1n) is 7.04. The molecule has 0 saturated carbocycles. The van der Waals surface area contributed by atoms with Crippen molar-refractivity contribution >= 4 is 33.0 Å². The summed E-state index contributed by atoms with van der Waals surface area (Å²) in [5.41, 5.74) is 2.47. The molecule has 0 bridgehead atoms. The van der Waals surface area contributed by atoms with Crippen LogP contribution in [0.3, 0.4) is 0 Å². The van der Waals surface area contributed by atoms with Crippen molar-refractivity contribution in [1.29, 1.82) is 0 Å². The minimum Gasteiger partial charge on any atom is -0.431 e. The first-order valence-corrected chi connectivity index (χ1v) is 9.31. The number of ether oxygens (including phenoxy) is 1. The molecule has 2 aromatic carbocycles. The molecule has 4 nitrogen and oxygen atoms in total. The summed E-state index contributed by atoms with van der Waals surface area (Å²) >= 11 is 6.07. The molecule has 0 aromatic heterocycles. The van der Waals surface area contributed by atoms with E-state index >= 15 is 0 Å². The van der Waals surface area contributed by atoms with Crippen LogP contribution in [0.4, 0.5) is 0 Å². The van der Waals surface area contributed by atoms with Gasteiger partial charge < -0.3 is 4.74 Å². The second-order valence-electron chi connectivity index (χ2n) is 5.30. The number of sulfone groups is 1. The highest BCUT2D eigenvalue weighted by atomic mass is 35.5. The molecule has 0 spiro atoms. The molecule has 1 aliphatic rings. The number of rotatable bonds is 3. The van der Waals surface area contributed by atoms with E-state index in [-0.39, 0.29) is 4.90 Å². The Bertz CT molecular complexity index is 970. The number of carbonyl (C=O) groups is 1. The van der Waals surface area contributed by atoms with Crippen LogP contribution in [0.25, 0.3) is 5.57 Å². The topological polar surface area (TPSA) is 60.4 Å². The van der Waals surface area contributed by atoms with Crippen LogP contribution in [0, 0.1) is 0 Å². The van der Waals surface area contributed by atoms with Crippen molar-refractivity contribution in [3.8, 4) is 0 Å². The standard InChI is InChI=1S/C18H13ClO4S/c1-24(21,22)15-7-5-12(6-8-15)17(16-9-10-23-18(16)20)13-3-2-4-14(19)11-13/h2-11H,1H3. The average Bonchev–Trinajstić information content (AvgIpc) is 2.93. The molecule has 0 saturated heterocycles. The van der Waals surface area contributed by atoms with E-state index in [0.717, 1.165) is 11.8 Å². The van der Waals surface area contributed by atoms with Crippen LogP contribution in [0.1, 0.15) is 11.1 Å². The predicted octanol–water partition coefficient (Wildman–Crippen LogP) is 3.62. The highest BCUT2D eigenvalue weighted by molar-refractivity contribution is 7.90. The third-order valence-corrected chi connectivity index (χ3v) is 4.95. The maximum Gasteiger partial charge on any atom is 0.343 e. The van der Waals surface area contributed by atoms with Crippen LogP contribution in [-0.2, 0) is 19.4 Å². The molecule has 6 heteroatoms. The zero-order chi connectivity index (χ0) is 17.3. The quantitative estimate of drug-likeness (QED) is 0.619. The van der Waals surface area contributed by atoms with Crippen molar-refractivity contribution in [2.24, 2.45) is 0 Å². The summed E-state index contributed by atoms with van der Waals surface area (Å²) in [7, 11) is -3.29. The molecule has 122 valence electrons. The summed E-state index contributed by atoms with van der Waals surface area (Å²) in [6.07, 6.45) is 4.06. The Labute approximate surface area is 144 Å². The molecule has 3 rings (SSSR count). The Hall–Kier alpha value is -2.37. The lowest BCUT2D eigenvalue weighted by atomic mass is 9.93. The summed E-state index contributed by atoms with van der Waals surface area (Å²) in [6.45, 7) is 0. The molecule has 2 aromatic rings. The second kappa shape index (κ2) is 6.26. The van der Waals surface area contributed by atoms with Crippen molar-refractivity contribution in [3.63, 3.8) is 0 Å². The fourth-order valence-corrected chi connectivity index (χ4v) is 3.29. The fourth-order valence-electron chi connectivity index (χ4n) is 2.47. The minimum atomic E-state index is -3.29. The van der Waals surface area contributed by atoms with E-state index in [4.69, 9.17) is 16.3 Å². The Morgan fingerprint density at radius 3 is 2.29 bits per heavy atom. The van der Waals surface area contributed by atoms with Gasteiger partial charge in [-0.2, -0.15) is 0 Å². The van der Waals surface area contributed by atoms with Gasteiger partial charge in [-0.25, -0.2) is 13.2 Å². The number of hydrogen-bond acceptors (Lipinski definition) is 4. The fraction of sp³-hybridized carbons (Fsp3) is 0.0556. The summed E-state index contributed by atoms with van der Waals surface area (Å²) in [5, 5.41) is 0.536. The lowest BCUT2D eigenvalue weighted by molar-refractivity contribution is -0.132. The van der Waals surface area contributed by atoms with E-state index in [0.29, 0.717) is 21.7 Å². The van der Waals surface area contributed by atoms with Crippen molar-refractivity contribution in [1.82, 2.24) is 0 Å². The predicted molar refractivity (Wildman–Crippen MR) is 92.3 cm³/mol. The molecule has 0 unspecified atom stereocenters. The van der Waals surface area contributed by atoms with Gasteiger partial charge in [0.25, 0.3) is 0 Å². The van der Waals surface area contributed by atoms with Gasteiger partial charge in [0.15, 0.2) is 9.84 Å². The van der Waals surface area contributed by atoms with Crippen molar-refractivity contribution in [2.75, 3.05) is 6.26 Å². The Balaban J connectivity index is 2.20. The smallest absolute Gasteiger partial charge is 0.343 e. The van der Waals surface area contributed by atoms with Gasteiger partial charge in [0, 0.05) is 16.9 Å². The van der Waals surface area contributed by atoms with E-state index in [9.17, 15) is 13.2 Å². The van der Waals surface area contributed by atoms with Gasteiger partial charge in [0.2, 0.25) is 0 Å². The van der Waals surface area contributed by atoms with Crippen LogP contribution in [-0.4, -0.2) is 20.6 Å². The Morgan fingerprint density at radius 2 is 1.75 bits per heavy atom. The van der Waals surface area contributed by atoms with Gasteiger partial charge >= 0.3 is 5.97 Å². The molecule has 1 heterocycles. The van der Waals surface area contributed by atoms with Gasteiger partial charge in [-0.15, -0.1) is 0 Å². The number of esters is 1. The van der Waals surface area contributed by atoms with Crippen molar-refractivity contribution in [3.05, 3.63) is 82.6 Å². The largest absolute Gasteiger partial charge is 0.431 e. The molecule has 1 aliphatic heterocycles. The van der Waals surface area contributed by atoms with Gasteiger partial charge in [-0.3, -0.25) is 0 Å². The average molecular weight is 361 g/mol. The van der Waals surface area contributed by atoms with E-state index in [1.165, 1.54) is 18.4 Å². The number of carbonyl (C=O) groups excluding carboxylic acids is 1.